The number of hydrogen-bond donors (Lipinski definition) is 1. The predicted octanol–water partition coefficient (Wildman–Crippen LogP) is 0.788. The Bertz CT molecular complexity index is 288. The van der Waals surface area contributed by atoms with Gasteiger partial charge in [-0.3, -0.25) is 14.5 Å². The van der Waals surface area contributed by atoms with Crippen molar-refractivity contribution in [2.75, 3.05) is 6.61 Å². The molecule has 0 aromatic heterocycles. The standard InChI is InChI=1S/C11H19NO3/c1-7(2)11(4)5-9(14)12(10(11)15)8(3)6-13/h7-8,13H,5-6H2,1-4H3. The van der Waals surface area contributed by atoms with Crippen LogP contribution in [0.15, 0.2) is 0 Å². The molecule has 0 radical (unpaired) electrons. The van der Waals surface area contributed by atoms with Crippen molar-refractivity contribution in [3.8, 4) is 0 Å². The zero-order valence-electron chi connectivity index (χ0n) is 9.78. The van der Waals surface area contributed by atoms with Crippen molar-refractivity contribution < 1.29 is 14.7 Å². The van der Waals surface area contributed by atoms with Crippen molar-refractivity contribution in [1.82, 2.24) is 4.90 Å². The molecule has 0 bridgehead atoms. The lowest BCUT2D eigenvalue weighted by Gasteiger charge is -2.27. The van der Waals surface area contributed by atoms with Gasteiger partial charge in [-0.25, -0.2) is 0 Å². The van der Waals surface area contributed by atoms with Crippen LogP contribution in [0, 0.1) is 11.3 Å². The number of imide groups is 1. The highest BCUT2D eigenvalue weighted by Crippen LogP contribution is 2.39. The van der Waals surface area contributed by atoms with Gasteiger partial charge in [0.05, 0.1) is 18.1 Å². The van der Waals surface area contributed by atoms with Crippen LogP contribution >= 0.6 is 0 Å². The number of nitrogens with zero attached hydrogens (tertiary/aromatic N) is 1. The Kier molecular flexibility index (Phi) is 3.19. The van der Waals surface area contributed by atoms with Crippen molar-refractivity contribution in [1.29, 1.82) is 0 Å². The molecule has 0 aromatic rings. The minimum atomic E-state index is -0.597. The number of aliphatic hydroxyl groups is 1. The van der Waals surface area contributed by atoms with E-state index in [2.05, 4.69) is 0 Å². The van der Waals surface area contributed by atoms with Crippen LogP contribution in [-0.4, -0.2) is 34.5 Å². The van der Waals surface area contributed by atoms with Crippen LogP contribution < -0.4 is 0 Å². The molecule has 4 nitrogen and oxygen atoms in total. The number of carbonyl (C=O) groups excluding carboxylic acids is 2. The van der Waals surface area contributed by atoms with Gasteiger partial charge in [0.15, 0.2) is 0 Å². The van der Waals surface area contributed by atoms with Crippen LogP contribution in [0.4, 0.5) is 0 Å². The second-order valence-corrected chi connectivity index (χ2v) is 4.85. The first kappa shape index (κ1) is 12.2. The van der Waals surface area contributed by atoms with E-state index in [4.69, 9.17) is 5.11 Å². The molecule has 1 aliphatic rings. The van der Waals surface area contributed by atoms with E-state index in [-0.39, 0.29) is 30.8 Å². The first-order valence-corrected chi connectivity index (χ1v) is 5.32. The Morgan fingerprint density at radius 2 is 1.93 bits per heavy atom. The molecule has 0 spiro atoms. The Morgan fingerprint density at radius 1 is 1.40 bits per heavy atom. The highest BCUT2D eigenvalue weighted by Gasteiger charge is 2.51. The molecule has 1 heterocycles. The smallest absolute Gasteiger partial charge is 0.236 e. The van der Waals surface area contributed by atoms with Crippen LogP contribution in [0.3, 0.4) is 0 Å². The molecule has 2 unspecified atom stereocenters. The second-order valence-electron chi connectivity index (χ2n) is 4.85. The number of amides is 2. The van der Waals surface area contributed by atoms with Gasteiger partial charge in [-0.05, 0) is 19.8 Å². The molecule has 2 atom stereocenters. The van der Waals surface area contributed by atoms with Gasteiger partial charge in [-0.1, -0.05) is 13.8 Å². The molecule has 2 amide bonds. The van der Waals surface area contributed by atoms with Gasteiger partial charge >= 0.3 is 0 Å². The first-order valence-electron chi connectivity index (χ1n) is 5.32. The van der Waals surface area contributed by atoms with Gasteiger partial charge in [-0.15, -0.1) is 0 Å². The minimum Gasteiger partial charge on any atom is -0.394 e. The van der Waals surface area contributed by atoms with Crippen molar-refractivity contribution in [3.63, 3.8) is 0 Å². The number of likely N-dealkylation sites (tertiary alicyclic amines) is 1. The maximum Gasteiger partial charge on any atom is 0.236 e. The third-order valence-corrected chi connectivity index (χ3v) is 3.47. The van der Waals surface area contributed by atoms with Gasteiger partial charge in [-0.2, -0.15) is 0 Å². The Hall–Kier alpha value is -0.900. The number of aliphatic hydroxyl groups excluding tert-OH is 1. The second kappa shape index (κ2) is 3.93. The van der Waals surface area contributed by atoms with Crippen molar-refractivity contribution in [3.05, 3.63) is 0 Å². The maximum absolute atomic E-state index is 12.1. The lowest BCUT2D eigenvalue weighted by atomic mass is 9.78. The van der Waals surface area contributed by atoms with E-state index in [1.165, 1.54) is 4.90 Å². The predicted molar refractivity (Wildman–Crippen MR) is 56.0 cm³/mol. The van der Waals surface area contributed by atoms with Crippen LogP contribution in [0.25, 0.3) is 0 Å². The van der Waals surface area contributed by atoms with Crippen molar-refractivity contribution >= 4 is 11.8 Å². The van der Waals surface area contributed by atoms with Gasteiger partial charge in [0.1, 0.15) is 0 Å². The highest BCUT2D eigenvalue weighted by atomic mass is 16.3. The largest absolute Gasteiger partial charge is 0.394 e. The Labute approximate surface area is 90.3 Å². The molecular weight excluding hydrogens is 194 g/mol. The fourth-order valence-electron chi connectivity index (χ4n) is 1.84. The topological polar surface area (TPSA) is 57.6 Å². The molecule has 1 N–H and O–H groups in total. The van der Waals surface area contributed by atoms with E-state index in [0.717, 1.165) is 0 Å². The summed E-state index contributed by atoms with van der Waals surface area (Å²) in [5, 5.41) is 8.99. The first-order chi connectivity index (χ1) is 6.84. The summed E-state index contributed by atoms with van der Waals surface area (Å²) in [6.45, 7) is 7.21. The fraction of sp³-hybridized carbons (Fsp3) is 0.818. The summed E-state index contributed by atoms with van der Waals surface area (Å²) in [4.78, 5) is 25.0. The van der Waals surface area contributed by atoms with Gasteiger partial charge in [0.2, 0.25) is 11.8 Å². The van der Waals surface area contributed by atoms with E-state index in [1.54, 1.807) is 6.92 Å². The summed E-state index contributed by atoms with van der Waals surface area (Å²) in [6.07, 6.45) is 0.258. The average molecular weight is 213 g/mol. The number of carbonyl (C=O) groups is 2. The van der Waals surface area contributed by atoms with E-state index < -0.39 is 11.5 Å². The number of hydrogen-bond acceptors (Lipinski definition) is 3. The molecule has 0 aromatic carbocycles. The van der Waals surface area contributed by atoms with Crippen LogP contribution in [0.5, 0.6) is 0 Å². The molecule has 4 heteroatoms. The molecule has 86 valence electrons. The van der Waals surface area contributed by atoms with Crippen molar-refractivity contribution in [2.45, 2.75) is 40.2 Å². The summed E-state index contributed by atoms with van der Waals surface area (Å²) in [7, 11) is 0. The number of rotatable bonds is 3. The van der Waals surface area contributed by atoms with Crippen LogP contribution in [-0.2, 0) is 9.59 Å². The van der Waals surface area contributed by atoms with Crippen molar-refractivity contribution in [2.24, 2.45) is 11.3 Å². The lowest BCUT2D eigenvalue weighted by molar-refractivity contribution is -0.145. The third-order valence-electron chi connectivity index (χ3n) is 3.47. The van der Waals surface area contributed by atoms with E-state index >= 15 is 0 Å². The molecule has 1 aliphatic heterocycles. The summed E-state index contributed by atoms with van der Waals surface area (Å²) in [5.41, 5.74) is -0.597. The zero-order valence-corrected chi connectivity index (χ0v) is 9.78. The average Bonchev–Trinajstić information content (AvgIpc) is 2.38. The maximum atomic E-state index is 12.1. The zero-order chi connectivity index (χ0) is 11.8. The molecule has 15 heavy (non-hydrogen) atoms. The minimum absolute atomic E-state index is 0.129. The van der Waals surface area contributed by atoms with Gasteiger partial charge < -0.3 is 5.11 Å². The Balaban J connectivity index is 2.98. The van der Waals surface area contributed by atoms with Gasteiger partial charge in [0.25, 0.3) is 0 Å². The van der Waals surface area contributed by atoms with E-state index in [9.17, 15) is 9.59 Å². The quantitative estimate of drug-likeness (QED) is 0.705. The van der Waals surface area contributed by atoms with Gasteiger partial charge in [0, 0.05) is 6.42 Å². The fourth-order valence-corrected chi connectivity index (χ4v) is 1.84. The van der Waals surface area contributed by atoms with Crippen LogP contribution in [0.1, 0.15) is 34.1 Å². The monoisotopic (exact) mass is 213 g/mol. The summed E-state index contributed by atoms with van der Waals surface area (Å²) >= 11 is 0. The molecule has 0 aliphatic carbocycles. The Morgan fingerprint density at radius 3 is 2.27 bits per heavy atom. The third kappa shape index (κ3) is 1.78. The highest BCUT2D eigenvalue weighted by molar-refractivity contribution is 6.06. The van der Waals surface area contributed by atoms with E-state index in [1.807, 2.05) is 20.8 Å². The molecular formula is C11H19NO3. The summed E-state index contributed by atoms with van der Waals surface area (Å²) in [5.74, 6) is -0.188. The molecule has 0 saturated carbocycles. The summed E-state index contributed by atoms with van der Waals surface area (Å²) < 4.78 is 0. The molecule has 1 saturated heterocycles. The lowest BCUT2D eigenvalue weighted by Crippen LogP contribution is -2.43. The normalized spacial score (nSPS) is 29.1. The van der Waals surface area contributed by atoms with Crippen LogP contribution in [0.2, 0.25) is 0 Å². The molecule has 1 fully saturated rings. The molecule has 1 rings (SSSR count). The van der Waals surface area contributed by atoms with E-state index in [0.29, 0.717) is 0 Å². The SMILES string of the molecule is CC(CO)N1C(=O)CC(C)(C(C)C)C1=O. The summed E-state index contributed by atoms with van der Waals surface area (Å²) in [6, 6.07) is -0.412.